The van der Waals surface area contributed by atoms with E-state index in [0.29, 0.717) is 24.1 Å². The molecule has 1 saturated heterocycles. The Morgan fingerprint density at radius 1 is 1.43 bits per heavy atom. The van der Waals surface area contributed by atoms with Gasteiger partial charge in [-0.25, -0.2) is 4.79 Å². The molecule has 1 heterocycles. The zero-order valence-corrected chi connectivity index (χ0v) is 13.5. The van der Waals surface area contributed by atoms with Crippen molar-refractivity contribution in [3.63, 3.8) is 0 Å². The fourth-order valence-electron chi connectivity index (χ4n) is 2.23. The molecule has 0 aliphatic carbocycles. The monoisotopic (exact) mass is 311 g/mol. The summed E-state index contributed by atoms with van der Waals surface area (Å²) in [7, 11) is 0. The smallest absolute Gasteiger partial charge is 0.410 e. The Bertz CT molecular complexity index is 499. The van der Waals surface area contributed by atoms with Gasteiger partial charge in [0.1, 0.15) is 11.4 Å². The van der Waals surface area contributed by atoms with Gasteiger partial charge in [0.05, 0.1) is 6.61 Å². The minimum absolute atomic E-state index is 0.243. The molecule has 21 heavy (non-hydrogen) atoms. The minimum atomic E-state index is -0.452. The normalized spacial score (nSPS) is 18.7. The van der Waals surface area contributed by atoms with Crippen molar-refractivity contribution >= 4 is 17.7 Å². The summed E-state index contributed by atoms with van der Waals surface area (Å²) in [6.07, 6.45) is 0.688. The van der Waals surface area contributed by atoms with Crippen molar-refractivity contribution in [2.75, 3.05) is 19.7 Å². The van der Waals surface area contributed by atoms with E-state index in [9.17, 15) is 4.79 Å². The predicted octanol–water partition coefficient (Wildman–Crippen LogP) is 3.98. The van der Waals surface area contributed by atoms with Gasteiger partial charge in [0.25, 0.3) is 0 Å². The molecular formula is C16H22ClNO3. The SMILES string of the molecule is CC(C)(C)OC(=O)N1CCC(COc2cccc(Cl)c2)C1. The van der Waals surface area contributed by atoms with E-state index in [1.165, 1.54) is 0 Å². The second-order valence-electron chi connectivity index (χ2n) is 6.35. The lowest BCUT2D eigenvalue weighted by Crippen LogP contribution is -2.35. The number of halogens is 1. The molecule has 0 bridgehead atoms. The van der Waals surface area contributed by atoms with Gasteiger partial charge in [-0.1, -0.05) is 17.7 Å². The van der Waals surface area contributed by atoms with Gasteiger partial charge in [0.2, 0.25) is 0 Å². The number of carbonyl (C=O) groups is 1. The van der Waals surface area contributed by atoms with Crippen LogP contribution in [0.1, 0.15) is 27.2 Å². The zero-order valence-electron chi connectivity index (χ0n) is 12.8. The molecule has 0 saturated carbocycles. The average molecular weight is 312 g/mol. The molecule has 1 atom stereocenters. The quantitative estimate of drug-likeness (QED) is 0.847. The van der Waals surface area contributed by atoms with E-state index in [1.54, 1.807) is 11.0 Å². The summed E-state index contributed by atoms with van der Waals surface area (Å²) in [6.45, 7) is 7.61. The van der Waals surface area contributed by atoms with Crippen molar-refractivity contribution < 1.29 is 14.3 Å². The predicted molar refractivity (Wildman–Crippen MR) is 82.9 cm³/mol. The van der Waals surface area contributed by atoms with Crippen molar-refractivity contribution in [3.05, 3.63) is 29.3 Å². The van der Waals surface area contributed by atoms with E-state index in [-0.39, 0.29) is 6.09 Å². The van der Waals surface area contributed by atoms with E-state index >= 15 is 0 Å². The Balaban J connectivity index is 1.79. The molecule has 0 aromatic heterocycles. The van der Waals surface area contributed by atoms with Crippen molar-refractivity contribution in [2.45, 2.75) is 32.8 Å². The van der Waals surface area contributed by atoms with Gasteiger partial charge in [0, 0.05) is 24.0 Å². The maximum atomic E-state index is 12.0. The van der Waals surface area contributed by atoms with Crippen molar-refractivity contribution in [1.29, 1.82) is 0 Å². The Morgan fingerprint density at radius 3 is 2.86 bits per heavy atom. The van der Waals surface area contributed by atoms with Crippen LogP contribution in [0.15, 0.2) is 24.3 Å². The molecule has 1 aliphatic heterocycles. The van der Waals surface area contributed by atoms with Crippen LogP contribution in [0.3, 0.4) is 0 Å². The van der Waals surface area contributed by atoms with Gasteiger partial charge < -0.3 is 14.4 Å². The van der Waals surface area contributed by atoms with Crippen molar-refractivity contribution in [1.82, 2.24) is 4.90 Å². The molecule has 4 nitrogen and oxygen atoms in total. The van der Waals surface area contributed by atoms with Crippen LogP contribution in [0, 0.1) is 5.92 Å². The van der Waals surface area contributed by atoms with Crippen LogP contribution in [0.2, 0.25) is 5.02 Å². The van der Waals surface area contributed by atoms with E-state index in [4.69, 9.17) is 21.1 Å². The number of benzene rings is 1. The number of ether oxygens (including phenoxy) is 2. The number of rotatable bonds is 3. The van der Waals surface area contributed by atoms with Gasteiger partial charge in [-0.3, -0.25) is 0 Å². The topological polar surface area (TPSA) is 38.8 Å². The molecule has 2 rings (SSSR count). The van der Waals surface area contributed by atoms with Crippen LogP contribution in [0.25, 0.3) is 0 Å². The average Bonchev–Trinajstić information content (AvgIpc) is 2.83. The number of amides is 1. The number of hydrogen-bond donors (Lipinski definition) is 0. The van der Waals surface area contributed by atoms with Gasteiger partial charge in [-0.2, -0.15) is 0 Å². The maximum Gasteiger partial charge on any atom is 0.410 e. The third-order valence-electron chi connectivity index (χ3n) is 3.22. The first-order valence-electron chi connectivity index (χ1n) is 7.20. The van der Waals surface area contributed by atoms with E-state index in [1.807, 2.05) is 39.0 Å². The second kappa shape index (κ2) is 6.56. The highest BCUT2D eigenvalue weighted by atomic mass is 35.5. The standard InChI is InChI=1S/C16H22ClNO3/c1-16(2,3)21-15(19)18-8-7-12(10-18)11-20-14-6-4-5-13(17)9-14/h4-6,9,12H,7-8,10-11H2,1-3H3. The second-order valence-corrected chi connectivity index (χ2v) is 6.79. The Hall–Kier alpha value is -1.42. The lowest BCUT2D eigenvalue weighted by atomic mass is 10.1. The maximum absolute atomic E-state index is 12.0. The molecule has 1 aromatic carbocycles. The zero-order chi connectivity index (χ0) is 15.5. The number of nitrogens with zero attached hydrogens (tertiary/aromatic N) is 1. The van der Waals surface area contributed by atoms with Gasteiger partial charge >= 0.3 is 6.09 Å². The summed E-state index contributed by atoms with van der Waals surface area (Å²) in [5.41, 5.74) is -0.452. The van der Waals surface area contributed by atoms with Crippen LogP contribution in [0.5, 0.6) is 5.75 Å². The summed E-state index contributed by atoms with van der Waals surface area (Å²) < 4.78 is 11.1. The summed E-state index contributed by atoms with van der Waals surface area (Å²) in [5, 5.41) is 0.661. The summed E-state index contributed by atoms with van der Waals surface area (Å²) in [5.74, 6) is 1.09. The Labute approximate surface area is 131 Å². The van der Waals surface area contributed by atoms with E-state index < -0.39 is 5.60 Å². The van der Waals surface area contributed by atoms with Gasteiger partial charge in [0.15, 0.2) is 0 Å². The fraction of sp³-hybridized carbons (Fsp3) is 0.562. The third-order valence-corrected chi connectivity index (χ3v) is 3.45. The Morgan fingerprint density at radius 2 is 2.19 bits per heavy atom. The molecule has 1 aliphatic rings. The highest BCUT2D eigenvalue weighted by Gasteiger charge is 2.30. The van der Waals surface area contributed by atoms with Crippen LogP contribution in [0.4, 0.5) is 4.79 Å². The third kappa shape index (κ3) is 5.12. The molecule has 116 valence electrons. The molecule has 1 amide bonds. The van der Waals surface area contributed by atoms with Gasteiger partial charge in [-0.05, 0) is 45.4 Å². The van der Waals surface area contributed by atoms with Crippen molar-refractivity contribution in [3.8, 4) is 5.75 Å². The first kappa shape index (κ1) is 16.0. The molecular weight excluding hydrogens is 290 g/mol. The molecule has 5 heteroatoms. The fourth-order valence-corrected chi connectivity index (χ4v) is 2.41. The van der Waals surface area contributed by atoms with Crippen molar-refractivity contribution in [2.24, 2.45) is 5.92 Å². The summed E-state index contributed by atoms with van der Waals surface area (Å²) >= 11 is 5.92. The van der Waals surface area contributed by atoms with Crippen LogP contribution >= 0.6 is 11.6 Å². The van der Waals surface area contributed by atoms with E-state index in [0.717, 1.165) is 18.7 Å². The number of carbonyl (C=O) groups excluding carboxylic acids is 1. The highest BCUT2D eigenvalue weighted by molar-refractivity contribution is 6.30. The molecule has 1 unspecified atom stereocenters. The molecule has 1 aromatic rings. The van der Waals surface area contributed by atoms with Crippen LogP contribution < -0.4 is 4.74 Å². The lowest BCUT2D eigenvalue weighted by Gasteiger charge is -2.24. The number of likely N-dealkylation sites (tertiary alicyclic amines) is 1. The number of hydrogen-bond acceptors (Lipinski definition) is 3. The largest absolute Gasteiger partial charge is 0.493 e. The highest BCUT2D eigenvalue weighted by Crippen LogP contribution is 2.22. The Kier molecular flexibility index (Phi) is 4.99. The summed E-state index contributed by atoms with van der Waals surface area (Å²) in [4.78, 5) is 13.7. The summed E-state index contributed by atoms with van der Waals surface area (Å²) in [6, 6.07) is 7.35. The van der Waals surface area contributed by atoms with Gasteiger partial charge in [-0.15, -0.1) is 0 Å². The van der Waals surface area contributed by atoms with Crippen LogP contribution in [-0.2, 0) is 4.74 Å². The lowest BCUT2D eigenvalue weighted by molar-refractivity contribution is 0.0285. The first-order chi connectivity index (χ1) is 9.83. The minimum Gasteiger partial charge on any atom is -0.493 e. The molecule has 0 radical (unpaired) electrons. The first-order valence-corrected chi connectivity index (χ1v) is 7.57. The van der Waals surface area contributed by atoms with E-state index in [2.05, 4.69) is 0 Å². The molecule has 1 fully saturated rings. The van der Waals surface area contributed by atoms with Crippen LogP contribution in [-0.4, -0.2) is 36.3 Å². The molecule has 0 N–H and O–H groups in total. The molecule has 0 spiro atoms.